The van der Waals surface area contributed by atoms with E-state index in [0.717, 1.165) is 30.1 Å². The molecule has 3 rings (SSSR count). The molecule has 1 aliphatic rings. The Morgan fingerprint density at radius 1 is 1.27 bits per heavy atom. The fourth-order valence-corrected chi connectivity index (χ4v) is 4.19. The summed E-state index contributed by atoms with van der Waals surface area (Å²) in [6.07, 6.45) is 5.00. The zero-order valence-corrected chi connectivity index (χ0v) is 14.2. The second-order valence-corrected chi connectivity index (χ2v) is 7.20. The average Bonchev–Trinajstić information content (AvgIpc) is 3.22. The molecule has 22 heavy (non-hydrogen) atoms. The van der Waals surface area contributed by atoms with Gasteiger partial charge in [-0.25, -0.2) is 4.98 Å². The molecule has 1 N–H and O–H groups in total. The first-order valence-electron chi connectivity index (χ1n) is 7.81. The number of rotatable bonds is 6. The first-order valence-corrected chi connectivity index (χ1v) is 9.64. The molecule has 0 atom stereocenters. The van der Waals surface area contributed by atoms with Gasteiger partial charge in [0.2, 0.25) is 0 Å². The third-order valence-electron chi connectivity index (χ3n) is 3.89. The molecule has 4 nitrogen and oxygen atoms in total. The van der Waals surface area contributed by atoms with Crippen LogP contribution in [0.2, 0.25) is 0 Å². The van der Waals surface area contributed by atoms with Crippen LogP contribution in [0.1, 0.15) is 36.2 Å². The largest absolute Gasteiger partial charge is 0.351 e. The number of aromatic nitrogens is 1. The van der Waals surface area contributed by atoms with Gasteiger partial charge in [-0.2, -0.15) is 11.3 Å². The minimum Gasteiger partial charge on any atom is -0.351 e. The number of carbonyl (C=O) groups excluding carboxylic acids is 1. The van der Waals surface area contributed by atoms with Gasteiger partial charge in [0.25, 0.3) is 5.91 Å². The highest BCUT2D eigenvalue weighted by Gasteiger charge is 2.12. The number of nitrogens with zero attached hydrogens (tertiary/aromatic N) is 2. The van der Waals surface area contributed by atoms with Gasteiger partial charge in [-0.3, -0.25) is 4.79 Å². The zero-order valence-electron chi connectivity index (χ0n) is 12.6. The summed E-state index contributed by atoms with van der Waals surface area (Å²) in [4.78, 5) is 19.0. The second-order valence-electron chi connectivity index (χ2n) is 5.56. The number of thiazole rings is 1. The van der Waals surface area contributed by atoms with Crippen molar-refractivity contribution in [3.63, 3.8) is 0 Å². The Hall–Kier alpha value is -1.24. The molecule has 1 saturated heterocycles. The van der Waals surface area contributed by atoms with Gasteiger partial charge in [0, 0.05) is 22.9 Å². The van der Waals surface area contributed by atoms with Gasteiger partial charge in [-0.15, -0.1) is 11.3 Å². The first-order chi connectivity index (χ1) is 10.8. The van der Waals surface area contributed by atoms with Crippen molar-refractivity contribution in [3.05, 3.63) is 27.9 Å². The van der Waals surface area contributed by atoms with Gasteiger partial charge in [-0.05, 0) is 50.3 Å². The standard InChI is InChI=1S/C16H21N3OS2/c20-15(17-6-4-9-19-7-2-1-3-8-19)14-12-22-16(18-14)13-5-10-21-11-13/h5,10-12H,1-4,6-9H2,(H,17,20). The molecule has 2 aromatic rings. The number of hydrogen-bond acceptors (Lipinski definition) is 5. The molecule has 3 heterocycles. The van der Waals surface area contributed by atoms with Crippen LogP contribution >= 0.6 is 22.7 Å². The van der Waals surface area contributed by atoms with E-state index in [0.29, 0.717) is 5.69 Å². The molecule has 1 fully saturated rings. The number of likely N-dealkylation sites (tertiary alicyclic amines) is 1. The minimum atomic E-state index is -0.0589. The summed E-state index contributed by atoms with van der Waals surface area (Å²) in [5, 5.41) is 9.81. The van der Waals surface area contributed by atoms with Crippen molar-refractivity contribution in [2.75, 3.05) is 26.2 Å². The Bertz CT molecular complexity index is 588. The molecule has 0 spiro atoms. The fourth-order valence-electron chi connectivity index (χ4n) is 2.67. The van der Waals surface area contributed by atoms with Crippen molar-refractivity contribution in [1.82, 2.24) is 15.2 Å². The van der Waals surface area contributed by atoms with Crippen molar-refractivity contribution < 1.29 is 4.79 Å². The van der Waals surface area contributed by atoms with E-state index in [9.17, 15) is 4.79 Å². The molecule has 0 aliphatic carbocycles. The average molecular weight is 335 g/mol. The number of thiophene rings is 1. The zero-order chi connectivity index (χ0) is 15.2. The summed E-state index contributed by atoms with van der Waals surface area (Å²) in [6.45, 7) is 4.23. The lowest BCUT2D eigenvalue weighted by atomic mass is 10.1. The highest BCUT2D eigenvalue weighted by Crippen LogP contribution is 2.25. The van der Waals surface area contributed by atoms with Crippen LogP contribution in [-0.4, -0.2) is 42.0 Å². The van der Waals surface area contributed by atoms with Crippen molar-refractivity contribution >= 4 is 28.6 Å². The lowest BCUT2D eigenvalue weighted by Crippen LogP contribution is -2.33. The Balaban J connectivity index is 1.42. The summed E-state index contributed by atoms with van der Waals surface area (Å²) >= 11 is 3.17. The smallest absolute Gasteiger partial charge is 0.270 e. The molecule has 0 aromatic carbocycles. The summed E-state index contributed by atoms with van der Waals surface area (Å²) in [7, 11) is 0. The Labute approximate surface area is 139 Å². The predicted octanol–water partition coefficient (Wildman–Crippen LogP) is 3.48. The van der Waals surface area contributed by atoms with Crippen LogP contribution in [0.4, 0.5) is 0 Å². The summed E-state index contributed by atoms with van der Waals surface area (Å²) in [5.41, 5.74) is 1.63. The Morgan fingerprint density at radius 3 is 2.91 bits per heavy atom. The highest BCUT2D eigenvalue weighted by molar-refractivity contribution is 7.14. The van der Waals surface area contributed by atoms with Crippen LogP contribution in [0.15, 0.2) is 22.2 Å². The summed E-state index contributed by atoms with van der Waals surface area (Å²) in [5.74, 6) is -0.0589. The topological polar surface area (TPSA) is 45.2 Å². The lowest BCUT2D eigenvalue weighted by Gasteiger charge is -2.26. The Morgan fingerprint density at radius 2 is 2.14 bits per heavy atom. The second kappa shape index (κ2) is 7.85. The number of piperidine rings is 1. The van der Waals surface area contributed by atoms with Crippen molar-refractivity contribution in [1.29, 1.82) is 0 Å². The number of nitrogens with one attached hydrogen (secondary N) is 1. The quantitative estimate of drug-likeness (QED) is 0.822. The van der Waals surface area contributed by atoms with Crippen molar-refractivity contribution in [2.45, 2.75) is 25.7 Å². The third-order valence-corrected chi connectivity index (χ3v) is 5.46. The molecule has 0 saturated carbocycles. The van der Waals surface area contributed by atoms with E-state index in [4.69, 9.17) is 0 Å². The molecule has 118 valence electrons. The van der Waals surface area contributed by atoms with Crippen LogP contribution in [0, 0.1) is 0 Å². The van der Waals surface area contributed by atoms with Gasteiger partial charge in [0.05, 0.1) is 0 Å². The van der Waals surface area contributed by atoms with Crippen molar-refractivity contribution in [2.24, 2.45) is 0 Å². The number of carbonyl (C=O) groups is 1. The van der Waals surface area contributed by atoms with Gasteiger partial charge in [0.15, 0.2) is 0 Å². The van der Waals surface area contributed by atoms with Crippen LogP contribution in [0.25, 0.3) is 10.6 Å². The molecule has 6 heteroatoms. The van der Waals surface area contributed by atoms with Gasteiger partial charge in [-0.1, -0.05) is 6.42 Å². The summed E-state index contributed by atoms with van der Waals surface area (Å²) < 4.78 is 0. The van der Waals surface area contributed by atoms with Crippen LogP contribution in [0.3, 0.4) is 0 Å². The van der Waals surface area contributed by atoms with E-state index in [1.165, 1.54) is 43.7 Å². The lowest BCUT2D eigenvalue weighted by molar-refractivity contribution is 0.0947. The third kappa shape index (κ3) is 4.15. The fraction of sp³-hybridized carbons (Fsp3) is 0.500. The van der Waals surface area contributed by atoms with Crippen LogP contribution in [-0.2, 0) is 0 Å². The van der Waals surface area contributed by atoms with E-state index < -0.39 is 0 Å². The Kier molecular flexibility index (Phi) is 5.58. The normalized spacial score (nSPS) is 15.8. The summed E-state index contributed by atoms with van der Waals surface area (Å²) in [6, 6.07) is 2.03. The maximum absolute atomic E-state index is 12.1. The van der Waals surface area contributed by atoms with Crippen LogP contribution in [0.5, 0.6) is 0 Å². The van der Waals surface area contributed by atoms with Gasteiger partial charge in [0.1, 0.15) is 10.7 Å². The number of amides is 1. The van der Waals surface area contributed by atoms with E-state index in [-0.39, 0.29) is 5.91 Å². The molecular formula is C16H21N3OS2. The number of hydrogen-bond donors (Lipinski definition) is 1. The van der Waals surface area contributed by atoms with Crippen molar-refractivity contribution in [3.8, 4) is 10.6 Å². The molecule has 0 bridgehead atoms. The first kappa shape index (κ1) is 15.6. The molecule has 1 amide bonds. The SMILES string of the molecule is O=C(NCCCN1CCCCC1)c1csc(-c2ccsc2)n1. The molecule has 1 aliphatic heterocycles. The van der Waals surface area contributed by atoms with E-state index in [2.05, 4.69) is 20.6 Å². The maximum Gasteiger partial charge on any atom is 0.270 e. The van der Waals surface area contributed by atoms with E-state index in [1.54, 1.807) is 11.3 Å². The predicted molar refractivity (Wildman–Crippen MR) is 92.7 cm³/mol. The monoisotopic (exact) mass is 335 g/mol. The minimum absolute atomic E-state index is 0.0589. The van der Waals surface area contributed by atoms with E-state index >= 15 is 0 Å². The van der Waals surface area contributed by atoms with E-state index in [1.807, 2.05) is 16.8 Å². The van der Waals surface area contributed by atoms with Crippen LogP contribution < -0.4 is 5.32 Å². The van der Waals surface area contributed by atoms with Gasteiger partial charge >= 0.3 is 0 Å². The molecule has 2 aromatic heterocycles. The van der Waals surface area contributed by atoms with Gasteiger partial charge < -0.3 is 10.2 Å². The molecular weight excluding hydrogens is 314 g/mol. The molecule has 0 unspecified atom stereocenters. The highest BCUT2D eigenvalue weighted by atomic mass is 32.1. The maximum atomic E-state index is 12.1. The molecule has 0 radical (unpaired) electrons.